The molecule has 2 heterocycles. The van der Waals surface area contributed by atoms with Crippen LogP contribution in [0.25, 0.3) is 22.3 Å². The van der Waals surface area contributed by atoms with Gasteiger partial charge >= 0.3 is 0 Å². The van der Waals surface area contributed by atoms with Crippen LogP contribution in [-0.4, -0.2) is 20.0 Å². The van der Waals surface area contributed by atoms with Crippen LogP contribution in [0.2, 0.25) is 0 Å². The lowest BCUT2D eigenvalue weighted by Crippen LogP contribution is -1.94. The molecular formula is C22H19NO5. The molecule has 0 bridgehead atoms. The highest BCUT2D eigenvalue weighted by Gasteiger charge is 2.15. The van der Waals surface area contributed by atoms with Gasteiger partial charge < -0.3 is 23.6 Å². The highest BCUT2D eigenvalue weighted by atomic mass is 16.5. The zero-order chi connectivity index (χ0) is 19.7. The topological polar surface area (TPSA) is 73.8 Å². The van der Waals surface area contributed by atoms with Gasteiger partial charge in [0.05, 0.1) is 26.2 Å². The Morgan fingerprint density at radius 3 is 2.36 bits per heavy atom. The summed E-state index contributed by atoms with van der Waals surface area (Å²) >= 11 is 0. The molecule has 0 fully saturated rings. The van der Waals surface area contributed by atoms with Crippen LogP contribution in [0.3, 0.4) is 0 Å². The molecule has 2 aromatic heterocycles. The minimum atomic E-state index is -0.134. The summed E-state index contributed by atoms with van der Waals surface area (Å²) in [6.07, 6.45) is 1.62. The van der Waals surface area contributed by atoms with E-state index in [2.05, 4.69) is 5.32 Å². The molecule has 6 nitrogen and oxygen atoms in total. The first-order chi connectivity index (χ1) is 13.6. The normalized spacial score (nSPS) is 10.8. The SMILES string of the molecule is COc1cc(Nc2cc(-c3ccco3)cc3cc(C(C)=O)oc23)cc(OC)c1. The Labute approximate surface area is 161 Å². The van der Waals surface area contributed by atoms with Gasteiger partial charge in [-0.1, -0.05) is 0 Å². The fraction of sp³-hybridized carbons (Fsp3) is 0.136. The number of methoxy groups -OCH3 is 2. The molecule has 0 aliphatic heterocycles. The number of Topliss-reactive ketones (excluding diaryl/α,β-unsaturated/α-hetero) is 1. The van der Waals surface area contributed by atoms with Crippen molar-refractivity contribution < 1.29 is 23.1 Å². The number of ketones is 1. The second kappa shape index (κ2) is 7.15. The first kappa shape index (κ1) is 17.7. The monoisotopic (exact) mass is 377 g/mol. The predicted molar refractivity (Wildman–Crippen MR) is 107 cm³/mol. The van der Waals surface area contributed by atoms with E-state index in [9.17, 15) is 4.79 Å². The summed E-state index contributed by atoms with van der Waals surface area (Å²) in [4.78, 5) is 11.8. The second-order valence-electron chi connectivity index (χ2n) is 6.31. The maximum absolute atomic E-state index is 11.8. The van der Waals surface area contributed by atoms with Crippen LogP contribution in [-0.2, 0) is 0 Å². The molecule has 4 aromatic rings. The summed E-state index contributed by atoms with van der Waals surface area (Å²) in [5, 5.41) is 4.15. The van der Waals surface area contributed by atoms with Gasteiger partial charge in [0.1, 0.15) is 17.3 Å². The number of carbonyl (C=O) groups is 1. The number of fused-ring (bicyclic) bond motifs is 1. The molecule has 0 saturated carbocycles. The number of ether oxygens (including phenoxy) is 2. The molecule has 1 N–H and O–H groups in total. The lowest BCUT2D eigenvalue weighted by molar-refractivity contribution is 0.0989. The van der Waals surface area contributed by atoms with Gasteiger partial charge in [0, 0.05) is 41.8 Å². The maximum Gasteiger partial charge on any atom is 0.194 e. The molecule has 0 aliphatic rings. The zero-order valence-corrected chi connectivity index (χ0v) is 15.7. The molecule has 0 aliphatic carbocycles. The fourth-order valence-electron chi connectivity index (χ4n) is 3.04. The van der Waals surface area contributed by atoms with E-state index in [0.29, 0.717) is 28.5 Å². The van der Waals surface area contributed by atoms with Gasteiger partial charge in [-0.25, -0.2) is 0 Å². The lowest BCUT2D eigenvalue weighted by atomic mass is 10.1. The number of carbonyl (C=O) groups excluding carboxylic acids is 1. The first-order valence-electron chi connectivity index (χ1n) is 8.70. The molecule has 4 rings (SSSR count). The first-order valence-corrected chi connectivity index (χ1v) is 8.70. The Hall–Kier alpha value is -3.67. The Balaban J connectivity index is 1.86. The van der Waals surface area contributed by atoms with Crippen LogP contribution in [0.1, 0.15) is 17.5 Å². The molecular weight excluding hydrogens is 358 g/mol. The van der Waals surface area contributed by atoms with E-state index in [0.717, 1.165) is 22.4 Å². The molecule has 0 atom stereocenters. The van der Waals surface area contributed by atoms with E-state index in [1.165, 1.54) is 6.92 Å². The summed E-state index contributed by atoms with van der Waals surface area (Å²) in [6.45, 7) is 1.48. The van der Waals surface area contributed by atoms with Crippen molar-refractivity contribution >= 4 is 28.1 Å². The highest BCUT2D eigenvalue weighted by Crippen LogP contribution is 2.36. The largest absolute Gasteiger partial charge is 0.497 e. The van der Waals surface area contributed by atoms with Gasteiger partial charge in [0.25, 0.3) is 0 Å². The van der Waals surface area contributed by atoms with Gasteiger partial charge in [0.15, 0.2) is 17.1 Å². The standard InChI is InChI=1S/C22H19NO5/c1-13(24)21-9-15-7-14(20-5-4-6-27-20)8-19(22(15)28-21)23-16-10-17(25-2)12-18(11-16)26-3/h4-12,23H,1-3H3. The number of anilines is 2. The summed E-state index contributed by atoms with van der Waals surface area (Å²) in [6, 6.07) is 14.8. The number of rotatable bonds is 6. The second-order valence-corrected chi connectivity index (χ2v) is 6.31. The number of hydrogen-bond donors (Lipinski definition) is 1. The number of hydrogen-bond acceptors (Lipinski definition) is 6. The van der Waals surface area contributed by atoms with Gasteiger partial charge in [-0.2, -0.15) is 0 Å². The quantitative estimate of drug-likeness (QED) is 0.437. The van der Waals surface area contributed by atoms with Crippen molar-refractivity contribution in [1.82, 2.24) is 0 Å². The number of furan rings is 2. The molecule has 0 radical (unpaired) electrons. The van der Waals surface area contributed by atoms with Crippen molar-refractivity contribution in [3.8, 4) is 22.8 Å². The fourth-order valence-corrected chi connectivity index (χ4v) is 3.04. The van der Waals surface area contributed by atoms with E-state index in [1.54, 1.807) is 32.6 Å². The highest BCUT2D eigenvalue weighted by molar-refractivity contribution is 6.01. The molecule has 0 unspecified atom stereocenters. The summed E-state index contributed by atoms with van der Waals surface area (Å²) < 4.78 is 22.0. The molecule has 2 aromatic carbocycles. The van der Waals surface area contributed by atoms with Crippen LogP contribution in [0.15, 0.2) is 63.6 Å². The summed E-state index contributed by atoms with van der Waals surface area (Å²) in [7, 11) is 3.19. The van der Waals surface area contributed by atoms with Crippen molar-refractivity contribution in [2.24, 2.45) is 0 Å². The van der Waals surface area contributed by atoms with Gasteiger partial charge in [-0.3, -0.25) is 4.79 Å². The van der Waals surface area contributed by atoms with Gasteiger partial charge in [0.2, 0.25) is 0 Å². The Bertz CT molecular complexity index is 1120. The third-order valence-electron chi connectivity index (χ3n) is 4.40. The van der Waals surface area contributed by atoms with E-state index >= 15 is 0 Å². The Morgan fingerprint density at radius 2 is 1.75 bits per heavy atom. The average Bonchev–Trinajstić information content (AvgIpc) is 3.37. The summed E-state index contributed by atoms with van der Waals surface area (Å²) in [5.74, 6) is 2.20. The predicted octanol–water partition coefficient (Wildman–Crippen LogP) is 5.66. The van der Waals surface area contributed by atoms with Crippen molar-refractivity contribution in [2.45, 2.75) is 6.92 Å². The molecule has 28 heavy (non-hydrogen) atoms. The average molecular weight is 377 g/mol. The van der Waals surface area contributed by atoms with Crippen molar-refractivity contribution in [3.63, 3.8) is 0 Å². The van der Waals surface area contributed by atoms with Crippen molar-refractivity contribution in [3.05, 3.63) is 60.6 Å². The van der Waals surface area contributed by atoms with Crippen LogP contribution in [0.5, 0.6) is 11.5 Å². The zero-order valence-electron chi connectivity index (χ0n) is 15.7. The number of benzene rings is 2. The maximum atomic E-state index is 11.8. The smallest absolute Gasteiger partial charge is 0.194 e. The minimum absolute atomic E-state index is 0.134. The van der Waals surface area contributed by atoms with E-state index in [-0.39, 0.29) is 5.78 Å². The van der Waals surface area contributed by atoms with Crippen molar-refractivity contribution in [2.75, 3.05) is 19.5 Å². The van der Waals surface area contributed by atoms with Gasteiger partial charge in [-0.15, -0.1) is 0 Å². The minimum Gasteiger partial charge on any atom is -0.497 e. The van der Waals surface area contributed by atoms with E-state index in [1.807, 2.05) is 36.4 Å². The molecule has 6 heteroatoms. The Kier molecular flexibility index (Phi) is 4.53. The molecule has 0 saturated heterocycles. The van der Waals surface area contributed by atoms with Crippen LogP contribution >= 0.6 is 0 Å². The lowest BCUT2D eigenvalue weighted by Gasteiger charge is -2.12. The van der Waals surface area contributed by atoms with Crippen LogP contribution in [0, 0.1) is 0 Å². The molecule has 0 spiro atoms. The van der Waals surface area contributed by atoms with Gasteiger partial charge in [-0.05, 0) is 30.3 Å². The molecule has 142 valence electrons. The summed E-state index contributed by atoms with van der Waals surface area (Å²) in [5.41, 5.74) is 2.91. The van der Waals surface area contributed by atoms with E-state index in [4.69, 9.17) is 18.3 Å². The third-order valence-corrected chi connectivity index (χ3v) is 4.40. The van der Waals surface area contributed by atoms with Crippen molar-refractivity contribution in [1.29, 1.82) is 0 Å². The van der Waals surface area contributed by atoms with E-state index < -0.39 is 0 Å². The number of nitrogens with one attached hydrogen (secondary N) is 1. The molecule has 0 amide bonds. The third kappa shape index (κ3) is 3.32. The van der Waals surface area contributed by atoms with Crippen LogP contribution in [0.4, 0.5) is 11.4 Å². The van der Waals surface area contributed by atoms with Crippen LogP contribution < -0.4 is 14.8 Å². The Morgan fingerprint density at radius 1 is 1.00 bits per heavy atom.